The largest absolute Gasteiger partial charge is 0.357 e. The molecule has 22 heavy (non-hydrogen) atoms. The van der Waals surface area contributed by atoms with Crippen molar-refractivity contribution in [3.8, 4) is 0 Å². The van der Waals surface area contributed by atoms with E-state index in [-0.39, 0.29) is 24.0 Å². The molecule has 5 nitrogen and oxygen atoms in total. The molecule has 1 saturated carbocycles. The van der Waals surface area contributed by atoms with Gasteiger partial charge in [-0.15, -0.1) is 24.0 Å². The van der Waals surface area contributed by atoms with Crippen molar-refractivity contribution in [1.29, 1.82) is 0 Å². The van der Waals surface area contributed by atoms with E-state index in [1.807, 2.05) is 17.9 Å². The average molecular weight is 417 g/mol. The van der Waals surface area contributed by atoms with Gasteiger partial charge in [-0.2, -0.15) is 5.10 Å². The second-order valence-corrected chi connectivity index (χ2v) is 6.37. The summed E-state index contributed by atoms with van der Waals surface area (Å²) >= 11 is 0. The van der Waals surface area contributed by atoms with Crippen LogP contribution in [0.1, 0.15) is 44.1 Å². The second kappa shape index (κ2) is 8.17. The molecule has 1 aromatic heterocycles. The van der Waals surface area contributed by atoms with Gasteiger partial charge in [0, 0.05) is 45.3 Å². The summed E-state index contributed by atoms with van der Waals surface area (Å²) in [4.78, 5) is 7.28. The van der Waals surface area contributed by atoms with E-state index in [0.717, 1.165) is 38.1 Å². The van der Waals surface area contributed by atoms with Crippen LogP contribution in [-0.2, 0) is 7.05 Å². The first-order valence-corrected chi connectivity index (χ1v) is 8.28. The highest BCUT2D eigenvalue weighted by Crippen LogP contribution is 2.28. The molecule has 3 rings (SSSR count). The zero-order valence-electron chi connectivity index (χ0n) is 13.7. The fourth-order valence-corrected chi connectivity index (χ4v) is 3.19. The Labute approximate surface area is 150 Å². The first kappa shape index (κ1) is 17.6. The van der Waals surface area contributed by atoms with E-state index in [4.69, 9.17) is 4.99 Å². The van der Waals surface area contributed by atoms with Crippen LogP contribution in [0.4, 0.5) is 0 Å². The van der Waals surface area contributed by atoms with E-state index in [1.54, 1.807) is 0 Å². The standard InChI is InChI=1S/C16H27N5.HI/c1-3-17-16(18-9-13-5-4-6-13)21-8-7-14(12-21)15-10-19-20(2)11-15;/h10-11,13-14H,3-9,12H2,1-2H3,(H,17,18);1H. The predicted octanol–water partition coefficient (Wildman–Crippen LogP) is 2.59. The van der Waals surface area contributed by atoms with E-state index >= 15 is 0 Å². The summed E-state index contributed by atoms with van der Waals surface area (Å²) in [6, 6.07) is 0. The first-order valence-electron chi connectivity index (χ1n) is 8.28. The van der Waals surface area contributed by atoms with Crippen molar-refractivity contribution in [1.82, 2.24) is 20.0 Å². The molecule has 1 atom stereocenters. The van der Waals surface area contributed by atoms with Crippen molar-refractivity contribution in [2.45, 2.75) is 38.5 Å². The predicted molar refractivity (Wildman–Crippen MR) is 101 cm³/mol. The quantitative estimate of drug-likeness (QED) is 0.466. The summed E-state index contributed by atoms with van der Waals surface area (Å²) in [6.45, 7) is 6.24. The number of aromatic nitrogens is 2. The third-order valence-electron chi connectivity index (χ3n) is 4.74. The van der Waals surface area contributed by atoms with E-state index in [1.165, 1.54) is 31.2 Å². The number of likely N-dealkylation sites (tertiary alicyclic amines) is 1. The highest BCUT2D eigenvalue weighted by atomic mass is 127. The van der Waals surface area contributed by atoms with Crippen molar-refractivity contribution in [3.63, 3.8) is 0 Å². The van der Waals surface area contributed by atoms with Crippen LogP contribution in [0.2, 0.25) is 0 Å². The molecule has 1 aromatic rings. The Morgan fingerprint density at radius 2 is 2.23 bits per heavy atom. The fraction of sp³-hybridized carbons (Fsp3) is 0.750. The Balaban J connectivity index is 0.00000176. The number of guanidine groups is 1. The maximum atomic E-state index is 4.86. The van der Waals surface area contributed by atoms with Crippen molar-refractivity contribution in [2.75, 3.05) is 26.2 Å². The molecule has 124 valence electrons. The molecule has 2 fully saturated rings. The molecule has 0 spiro atoms. The average Bonchev–Trinajstić information content (AvgIpc) is 3.04. The monoisotopic (exact) mass is 417 g/mol. The van der Waals surface area contributed by atoms with Crippen LogP contribution in [0.15, 0.2) is 17.4 Å². The lowest BCUT2D eigenvalue weighted by Crippen LogP contribution is -2.40. The summed E-state index contributed by atoms with van der Waals surface area (Å²) in [5.41, 5.74) is 1.36. The lowest BCUT2D eigenvalue weighted by atomic mass is 9.86. The van der Waals surface area contributed by atoms with Crippen LogP contribution in [0, 0.1) is 5.92 Å². The van der Waals surface area contributed by atoms with Crippen molar-refractivity contribution >= 4 is 29.9 Å². The van der Waals surface area contributed by atoms with Gasteiger partial charge in [-0.3, -0.25) is 9.67 Å². The van der Waals surface area contributed by atoms with Gasteiger partial charge >= 0.3 is 0 Å². The molecule has 1 unspecified atom stereocenters. The number of aliphatic imine (C=N–C) groups is 1. The summed E-state index contributed by atoms with van der Waals surface area (Å²) in [7, 11) is 1.99. The molecule has 1 aliphatic heterocycles. The fourth-order valence-electron chi connectivity index (χ4n) is 3.19. The Morgan fingerprint density at radius 3 is 2.82 bits per heavy atom. The second-order valence-electron chi connectivity index (χ2n) is 6.37. The molecular formula is C16H28IN5. The van der Waals surface area contributed by atoms with Crippen LogP contribution in [0.5, 0.6) is 0 Å². The highest BCUT2D eigenvalue weighted by molar-refractivity contribution is 14.0. The lowest BCUT2D eigenvalue weighted by molar-refractivity contribution is 0.324. The van der Waals surface area contributed by atoms with Gasteiger partial charge in [-0.1, -0.05) is 6.42 Å². The van der Waals surface area contributed by atoms with Gasteiger partial charge in [0.2, 0.25) is 0 Å². The number of hydrogen-bond donors (Lipinski definition) is 1. The van der Waals surface area contributed by atoms with Crippen molar-refractivity contribution < 1.29 is 0 Å². The molecule has 0 aromatic carbocycles. The molecule has 2 heterocycles. The highest BCUT2D eigenvalue weighted by Gasteiger charge is 2.27. The van der Waals surface area contributed by atoms with Crippen LogP contribution >= 0.6 is 24.0 Å². The normalized spacial score (nSPS) is 22.4. The van der Waals surface area contributed by atoms with Crippen molar-refractivity contribution in [3.05, 3.63) is 18.0 Å². The van der Waals surface area contributed by atoms with Gasteiger partial charge in [0.25, 0.3) is 0 Å². The van der Waals surface area contributed by atoms with E-state index in [9.17, 15) is 0 Å². The Morgan fingerprint density at radius 1 is 1.41 bits per heavy atom. The van der Waals surface area contributed by atoms with E-state index in [2.05, 4.69) is 28.4 Å². The molecule has 0 amide bonds. The molecular weight excluding hydrogens is 389 g/mol. The van der Waals surface area contributed by atoms with Crippen LogP contribution in [0.25, 0.3) is 0 Å². The van der Waals surface area contributed by atoms with E-state index in [0.29, 0.717) is 5.92 Å². The maximum Gasteiger partial charge on any atom is 0.193 e. The minimum absolute atomic E-state index is 0. The summed E-state index contributed by atoms with van der Waals surface area (Å²) < 4.78 is 1.90. The van der Waals surface area contributed by atoms with Crippen LogP contribution in [-0.4, -0.2) is 46.8 Å². The molecule has 0 radical (unpaired) electrons. The number of hydrogen-bond acceptors (Lipinski definition) is 2. The molecule has 2 aliphatic rings. The van der Waals surface area contributed by atoms with Gasteiger partial charge in [0.05, 0.1) is 6.20 Å². The zero-order valence-corrected chi connectivity index (χ0v) is 16.0. The molecule has 0 bridgehead atoms. The molecule has 1 aliphatic carbocycles. The van der Waals surface area contributed by atoms with Gasteiger partial charge in [0.15, 0.2) is 5.96 Å². The lowest BCUT2D eigenvalue weighted by Gasteiger charge is -2.26. The van der Waals surface area contributed by atoms with Crippen molar-refractivity contribution in [2.24, 2.45) is 18.0 Å². The van der Waals surface area contributed by atoms with Crippen LogP contribution < -0.4 is 5.32 Å². The number of rotatable bonds is 4. The topological polar surface area (TPSA) is 45.5 Å². The first-order chi connectivity index (χ1) is 10.3. The molecule has 1 N–H and O–H groups in total. The van der Waals surface area contributed by atoms with Gasteiger partial charge in [-0.05, 0) is 37.7 Å². The van der Waals surface area contributed by atoms with Gasteiger partial charge < -0.3 is 10.2 Å². The molecule has 6 heteroatoms. The minimum atomic E-state index is 0. The van der Waals surface area contributed by atoms with Gasteiger partial charge in [-0.25, -0.2) is 0 Å². The third kappa shape index (κ3) is 4.14. The number of nitrogens with zero attached hydrogens (tertiary/aromatic N) is 4. The van der Waals surface area contributed by atoms with Crippen LogP contribution in [0.3, 0.4) is 0 Å². The Kier molecular flexibility index (Phi) is 6.52. The molecule has 1 saturated heterocycles. The maximum absolute atomic E-state index is 4.86. The Hall–Kier alpha value is -0.790. The number of aryl methyl sites for hydroxylation is 1. The zero-order chi connectivity index (χ0) is 14.7. The summed E-state index contributed by atoms with van der Waals surface area (Å²) in [6.07, 6.45) is 9.46. The Bertz CT molecular complexity index is 494. The summed E-state index contributed by atoms with van der Waals surface area (Å²) in [5.74, 6) is 2.53. The SMILES string of the molecule is CCNC(=NCC1CCC1)N1CCC(c2cnn(C)c2)C1.I. The minimum Gasteiger partial charge on any atom is -0.357 e. The number of nitrogens with one attached hydrogen (secondary N) is 1. The van der Waals surface area contributed by atoms with E-state index < -0.39 is 0 Å². The summed E-state index contributed by atoms with van der Waals surface area (Å²) in [5, 5.41) is 7.76. The third-order valence-corrected chi connectivity index (χ3v) is 4.74. The van der Waals surface area contributed by atoms with Gasteiger partial charge in [0.1, 0.15) is 0 Å². The smallest absolute Gasteiger partial charge is 0.193 e. The number of halogens is 1.